The zero-order valence-corrected chi connectivity index (χ0v) is 70.8. The van der Waals surface area contributed by atoms with Crippen LogP contribution >= 0.6 is 15.6 Å². The van der Waals surface area contributed by atoms with Gasteiger partial charge in [-0.05, 0) is 37.5 Å². The minimum Gasteiger partial charge on any atom is -0.462 e. The largest absolute Gasteiger partial charge is 0.472 e. The molecular formula is C86H168O17P2. The molecule has 0 fully saturated rings. The lowest BCUT2D eigenvalue weighted by atomic mass is 9.99. The van der Waals surface area contributed by atoms with Crippen LogP contribution in [0.1, 0.15) is 459 Å². The molecule has 0 aromatic rings. The number of aliphatic hydroxyl groups excluding tert-OH is 1. The van der Waals surface area contributed by atoms with Gasteiger partial charge in [-0.15, -0.1) is 0 Å². The van der Waals surface area contributed by atoms with E-state index in [0.29, 0.717) is 25.7 Å². The standard InChI is InChI=1S/C86H168O17P2/c1-7-10-12-14-16-18-20-21-22-23-27-34-40-46-52-58-64-70-85(90)102-81(74-96-83(88)68-62-56-50-44-36-19-17-15-13-11-8-2)76-100-104(92,93)98-72-80(87)73-99-105(94,95)101-77-82(75-97-84(89)69-63-57-51-45-39-33-30-29-32-38-43-49-55-61-67-79(6)9-3)103-86(91)71-65-59-53-47-41-35-28-25-24-26-31-37-42-48-54-60-66-78(4)5/h78-82,87H,7-77H2,1-6H3,(H,92,93)(H,94,95)/t79?,80-,81+,82+/m0/s1. The summed E-state index contributed by atoms with van der Waals surface area (Å²) in [6, 6.07) is 0. The summed E-state index contributed by atoms with van der Waals surface area (Å²) in [5.74, 6) is -0.440. The number of hydrogen-bond donors (Lipinski definition) is 3. The van der Waals surface area contributed by atoms with Crippen molar-refractivity contribution in [2.45, 2.75) is 477 Å². The SMILES string of the molecule is CCCCCCCCCCCCCCCCCCCC(=O)O[C@H](COC(=O)CCCCCCCCCCCCC)COP(=O)(O)OC[C@H](O)COP(=O)(O)OC[C@@H](COC(=O)CCCCCCCCCCCCCCCCC(C)CC)OC(=O)CCCCCCCCCCCCCCCCCCC(C)C. The molecule has 0 radical (unpaired) electrons. The maximum atomic E-state index is 13.1. The highest BCUT2D eigenvalue weighted by atomic mass is 31.2. The Hall–Kier alpha value is -1.94. The van der Waals surface area contributed by atoms with Gasteiger partial charge in [0, 0.05) is 25.7 Å². The first-order valence-electron chi connectivity index (χ1n) is 44.5. The van der Waals surface area contributed by atoms with Crippen LogP contribution in [0.2, 0.25) is 0 Å². The molecule has 17 nitrogen and oxygen atoms in total. The number of aliphatic hydroxyl groups is 1. The molecule has 3 N–H and O–H groups in total. The second-order valence-electron chi connectivity index (χ2n) is 31.6. The number of phosphoric ester groups is 2. The average Bonchev–Trinajstić information content (AvgIpc) is 0.904. The maximum absolute atomic E-state index is 13.1. The van der Waals surface area contributed by atoms with Crippen LogP contribution in [0.25, 0.3) is 0 Å². The van der Waals surface area contributed by atoms with Crippen molar-refractivity contribution in [1.29, 1.82) is 0 Å². The van der Waals surface area contributed by atoms with Gasteiger partial charge in [-0.3, -0.25) is 37.3 Å². The van der Waals surface area contributed by atoms with Crippen LogP contribution in [-0.4, -0.2) is 96.7 Å². The normalized spacial score (nSPS) is 14.1. The topological polar surface area (TPSA) is 237 Å². The summed E-state index contributed by atoms with van der Waals surface area (Å²) in [4.78, 5) is 73.2. The van der Waals surface area contributed by atoms with Gasteiger partial charge in [0.2, 0.25) is 0 Å². The monoisotopic (exact) mass is 1540 g/mol. The zero-order valence-electron chi connectivity index (χ0n) is 69.0. The quantitative estimate of drug-likeness (QED) is 0.0222. The third kappa shape index (κ3) is 78.5. The van der Waals surface area contributed by atoms with E-state index < -0.39 is 97.5 Å². The Morgan fingerprint density at radius 3 is 0.724 bits per heavy atom. The Balaban J connectivity index is 5.25. The number of unbranched alkanes of at least 4 members (excludes halogenated alkanes) is 54. The van der Waals surface area contributed by atoms with Crippen LogP contribution in [0, 0.1) is 11.8 Å². The molecule has 0 aliphatic rings. The number of phosphoric acid groups is 2. The van der Waals surface area contributed by atoms with E-state index in [1.54, 1.807) is 0 Å². The molecule has 0 heterocycles. The highest BCUT2D eigenvalue weighted by Crippen LogP contribution is 2.45. The first-order valence-corrected chi connectivity index (χ1v) is 47.5. The molecule has 624 valence electrons. The fraction of sp³-hybridized carbons (Fsp3) is 0.953. The Bertz CT molecular complexity index is 2010. The van der Waals surface area contributed by atoms with Crippen molar-refractivity contribution in [3.63, 3.8) is 0 Å². The molecule has 0 aliphatic carbocycles. The van der Waals surface area contributed by atoms with Crippen molar-refractivity contribution in [2.75, 3.05) is 39.6 Å². The van der Waals surface area contributed by atoms with Gasteiger partial charge in [0.15, 0.2) is 12.2 Å². The highest BCUT2D eigenvalue weighted by molar-refractivity contribution is 7.47. The Labute approximate surface area is 645 Å². The summed E-state index contributed by atoms with van der Waals surface area (Å²) >= 11 is 0. The minimum atomic E-state index is -4.97. The minimum absolute atomic E-state index is 0.109. The predicted octanol–water partition coefficient (Wildman–Crippen LogP) is 26.2. The smallest absolute Gasteiger partial charge is 0.462 e. The van der Waals surface area contributed by atoms with Crippen LogP contribution in [0.4, 0.5) is 0 Å². The van der Waals surface area contributed by atoms with Crippen molar-refractivity contribution in [3.05, 3.63) is 0 Å². The number of carbonyl (C=O) groups is 4. The Morgan fingerprint density at radius 2 is 0.486 bits per heavy atom. The zero-order chi connectivity index (χ0) is 77.1. The van der Waals surface area contributed by atoms with Gasteiger partial charge < -0.3 is 33.8 Å². The molecule has 19 heteroatoms. The molecule has 3 unspecified atom stereocenters. The molecule has 6 atom stereocenters. The van der Waals surface area contributed by atoms with Crippen molar-refractivity contribution >= 4 is 39.5 Å². The summed E-state index contributed by atoms with van der Waals surface area (Å²) < 4.78 is 68.9. The lowest BCUT2D eigenvalue weighted by Crippen LogP contribution is -2.30. The van der Waals surface area contributed by atoms with E-state index in [1.807, 2.05) is 0 Å². The van der Waals surface area contributed by atoms with Gasteiger partial charge >= 0.3 is 39.5 Å². The average molecular weight is 1540 g/mol. The van der Waals surface area contributed by atoms with E-state index in [-0.39, 0.29) is 25.7 Å². The van der Waals surface area contributed by atoms with E-state index in [9.17, 15) is 43.2 Å². The van der Waals surface area contributed by atoms with Crippen LogP contribution in [0.15, 0.2) is 0 Å². The maximum Gasteiger partial charge on any atom is 0.472 e. The summed E-state index contributed by atoms with van der Waals surface area (Å²) in [6.45, 7) is 9.76. The van der Waals surface area contributed by atoms with Gasteiger partial charge in [-0.2, -0.15) is 0 Å². The van der Waals surface area contributed by atoms with Crippen LogP contribution in [-0.2, 0) is 65.4 Å². The van der Waals surface area contributed by atoms with Gasteiger partial charge in [-0.1, -0.05) is 408 Å². The van der Waals surface area contributed by atoms with Gasteiger partial charge in [-0.25, -0.2) is 9.13 Å². The number of esters is 4. The highest BCUT2D eigenvalue weighted by Gasteiger charge is 2.30. The first-order chi connectivity index (χ1) is 50.9. The molecule has 0 aromatic heterocycles. The number of rotatable bonds is 85. The van der Waals surface area contributed by atoms with Gasteiger partial charge in [0.05, 0.1) is 26.4 Å². The molecule has 0 bridgehead atoms. The molecule has 0 spiro atoms. The third-order valence-corrected chi connectivity index (χ3v) is 22.5. The van der Waals surface area contributed by atoms with E-state index in [1.165, 1.54) is 276 Å². The number of hydrogen-bond acceptors (Lipinski definition) is 15. The molecule has 105 heavy (non-hydrogen) atoms. The van der Waals surface area contributed by atoms with Crippen LogP contribution < -0.4 is 0 Å². The van der Waals surface area contributed by atoms with E-state index in [0.717, 1.165) is 102 Å². The van der Waals surface area contributed by atoms with Crippen molar-refractivity contribution in [2.24, 2.45) is 11.8 Å². The molecule has 0 aromatic carbocycles. The van der Waals surface area contributed by atoms with Crippen LogP contribution in [0.5, 0.6) is 0 Å². The van der Waals surface area contributed by atoms with Crippen molar-refractivity contribution in [3.8, 4) is 0 Å². The Kier molecular flexibility index (Phi) is 76.0. The predicted molar refractivity (Wildman–Crippen MR) is 432 cm³/mol. The third-order valence-electron chi connectivity index (χ3n) is 20.6. The van der Waals surface area contributed by atoms with E-state index >= 15 is 0 Å². The van der Waals surface area contributed by atoms with Crippen LogP contribution in [0.3, 0.4) is 0 Å². The fourth-order valence-electron chi connectivity index (χ4n) is 13.4. The fourth-order valence-corrected chi connectivity index (χ4v) is 15.0. The summed E-state index contributed by atoms with van der Waals surface area (Å²) in [5, 5.41) is 10.7. The summed E-state index contributed by atoms with van der Waals surface area (Å²) in [6.07, 6.45) is 69.2. The van der Waals surface area contributed by atoms with E-state index in [2.05, 4.69) is 41.5 Å². The summed E-state index contributed by atoms with van der Waals surface area (Å²) in [5.41, 5.74) is 0. The van der Waals surface area contributed by atoms with Gasteiger partial charge in [0.25, 0.3) is 0 Å². The van der Waals surface area contributed by atoms with Crippen molar-refractivity contribution < 1.29 is 80.2 Å². The second kappa shape index (κ2) is 77.4. The molecule has 0 amide bonds. The summed E-state index contributed by atoms with van der Waals surface area (Å²) in [7, 11) is -9.93. The molecule has 0 aliphatic heterocycles. The lowest BCUT2D eigenvalue weighted by molar-refractivity contribution is -0.161. The van der Waals surface area contributed by atoms with Crippen molar-refractivity contribution in [1.82, 2.24) is 0 Å². The molecular weight excluding hydrogens is 1370 g/mol. The van der Waals surface area contributed by atoms with E-state index in [4.69, 9.17) is 37.0 Å². The number of ether oxygens (including phenoxy) is 4. The second-order valence-corrected chi connectivity index (χ2v) is 34.6. The number of carbonyl (C=O) groups excluding carboxylic acids is 4. The molecule has 0 saturated heterocycles. The lowest BCUT2D eigenvalue weighted by Gasteiger charge is -2.21. The molecule has 0 rings (SSSR count). The molecule has 0 saturated carbocycles. The van der Waals surface area contributed by atoms with Gasteiger partial charge in [0.1, 0.15) is 19.3 Å². The Morgan fingerprint density at radius 1 is 0.276 bits per heavy atom. The first kappa shape index (κ1) is 103.